The Morgan fingerprint density at radius 2 is 1.76 bits per heavy atom. The fraction of sp³-hybridized carbons (Fsp3) is 0.800. The molecule has 3 N–H and O–H groups in total. The molecule has 0 spiro atoms. The van der Waals surface area contributed by atoms with Crippen molar-refractivity contribution in [3.8, 4) is 0 Å². The van der Waals surface area contributed by atoms with Gasteiger partial charge in [0.1, 0.15) is 5.60 Å². The third-order valence-electron chi connectivity index (χ3n) is 2.09. The van der Waals surface area contributed by atoms with E-state index >= 15 is 0 Å². The zero-order valence-electron chi connectivity index (χ0n) is 10.1. The van der Waals surface area contributed by atoms with Crippen LogP contribution in [0.4, 0.5) is 9.59 Å². The van der Waals surface area contributed by atoms with E-state index in [1.165, 1.54) is 0 Å². The number of nitrogens with one attached hydrogen (secondary N) is 2. The first-order valence-electron chi connectivity index (χ1n) is 5.34. The van der Waals surface area contributed by atoms with Gasteiger partial charge in [-0.1, -0.05) is 0 Å². The zero-order valence-corrected chi connectivity index (χ0v) is 10.1. The molecule has 1 aliphatic heterocycles. The molecule has 0 aromatic rings. The predicted molar refractivity (Wildman–Crippen MR) is 58.9 cm³/mol. The fourth-order valence-electron chi connectivity index (χ4n) is 1.46. The van der Waals surface area contributed by atoms with Crippen LogP contribution in [0.25, 0.3) is 0 Å². The van der Waals surface area contributed by atoms with Crippen molar-refractivity contribution in [3.63, 3.8) is 0 Å². The molecule has 1 heterocycles. The maximum Gasteiger partial charge on any atom is 0.408 e. The number of hydrogen-bond acceptors (Lipinski definition) is 4. The lowest BCUT2D eigenvalue weighted by atomic mass is 10.2. The fourth-order valence-corrected chi connectivity index (χ4v) is 1.46. The van der Waals surface area contributed by atoms with E-state index < -0.39 is 29.9 Å². The number of carboxylic acid groups (broad SMARTS) is 1. The molecule has 17 heavy (non-hydrogen) atoms. The quantitative estimate of drug-likeness (QED) is 0.661. The Labute approximate surface area is 99.5 Å². The van der Waals surface area contributed by atoms with Gasteiger partial charge in [-0.3, -0.25) is 0 Å². The van der Waals surface area contributed by atoms with E-state index in [1.54, 1.807) is 20.8 Å². The monoisotopic (exact) mass is 246 g/mol. The summed E-state index contributed by atoms with van der Waals surface area (Å²) in [7, 11) is 0. The molecule has 0 radical (unpaired) electrons. The molecular weight excluding hydrogens is 228 g/mol. The maximum absolute atomic E-state index is 11.5. The summed E-state index contributed by atoms with van der Waals surface area (Å²) in [5.74, 6) is 0. The van der Waals surface area contributed by atoms with Crippen LogP contribution >= 0.6 is 0 Å². The van der Waals surface area contributed by atoms with Gasteiger partial charge in [-0.2, -0.15) is 0 Å². The van der Waals surface area contributed by atoms with Crippen molar-refractivity contribution < 1.29 is 24.2 Å². The summed E-state index contributed by atoms with van der Waals surface area (Å²) in [6.07, 6.45) is -1.72. The first-order chi connectivity index (χ1) is 7.78. The van der Waals surface area contributed by atoms with Crippen molar-refractivity contribution >= 4 is 12.2 Å². The van der Waals surface area contributed by atoms with Crippen LogP contribution in [0.2, 0.25) is 0 Å². The lowest BCUT2D eigenvalue weighted by Crippen LogP contribution is -2.51. The van der Waals surface area contributed by atoms with Crippen LogP contribution in [0, 0.1) is 0 Å². The first-order valence-corrected chi connectivity index (χ1v) is 5.34. The Bertz CT molecular complexity index is 300. The average Bonchev–Trinajstić information content (AvgIpc) is 2.47. The van der Waals surface area contributed by atoms with Gasteiger partial charge in [0.15, 0.2) is 0 Å². The number of carbonyl (C=O) groups excluding carboxylic acids is 1. The number of carbonyl (C=O) groups is 2. The highest BCUT2D eigenvalue weighted by Crippen LogP contribution is 2.09. The second-order valence-electron chi connectivity index (χ2n) is 4.85. The highest BCUT2D eigenvalue weighted by Gasteiger charge is 2.32. The van der Waals surface area contributed by atoms with Crippen LogP contribution < -0.4 is 10.6 Å². The summed E-state index contributed by atoms with van der Waals surface area (Å²) in [5.41, 5.74) is -0.584. The van der Waals surface area contributed by atoms with Gasteiger partial charge in [-0.05, 0) is 20.8 Å². The maximum atomic E-state index is 11.5. The van der Waals surface area contributed by atoms with Crippen molar-refractivity contribution in [2.24, 2.45) is 0 Å². The van der Waals surface area contributed by atoms with Gasteiger partial charge in [0.05, 0.1) is 25.3 Å². The van der Waals surface area contributed by atoms with E-state index in [9.17, 15) is 9.59 Å². The smallest absolute Gasteiger partial charge is 0.408 e. The highest BCUT2D eigenvalue weighted by molar-refractivity contribution is 5.69. The van der Waals surface area contributed by atoms with Gasteiger partial charge in [0, 0.05) is 0 Å². The Morgan fingerprint density at radius 1 is 1.24 bits per heavy atom. The van der Waals surface area contributed by atoms with E-state index in [4.69, 9.17) is 14.6 Å². The number of amides is 2. The van der Waals surface area contributed by atoms with Crippen LogP contribution in [0.3, 0.4) is 0 Å². The lowest BCUT2D eigenvalue weighted by molar-refractivity contribution is 0.0493. The standard InChI is InChI=1S/C10H18N2O5/c1-10(2,3)17-9(15)12-7-5-16-4-6(7)11-8(13)14/h6-7,11H,4-5H2,1-3H3,(H,12,15)(H,13,14). The van der Waals surface area contributed by atoms with Crippen molar-refractivity contribution in [3.05, 3.63) is 0 Å². The van der Waals surface area contributed by atoms with Crippen molar-refractivity contribution in [2.75, 3.05) is 13.2 Å². The summed E-state index contributed by atoms with van der Waals surface area (Å²) < 4.78 is 10.2. The molecule has 0 aromatic heterocycles. The molecule has 0 aliphatic carbocycles. The molecule has 1 fully saturated rings. The molecule has 2 amide bonds. The van der Waals surface area contributed by atoms with Gasteiger partial charge in [-0.15, -0.1) is 0 Å². The van der Waals surface area contributed by atoms with Gasteiger partial charge in [0.25, 0.3) is 0 Å². The SMILES string of the molecule is CC(C)(C)OC(=O)NC1COCC1NC(=O)O. The molecule has 0 aromatic carbocycles. The second-order valence-corrected chi connectivity index (χ2v) is 4.85. The molecule has 1 saturated heterocycles. The van der Waals surface area contributed by atoms with Gasteiger partial charge in [0.2, 0.25) is 0 Å². The molecule has 98 valence electrons. The van der Waals surface area contributed by atoms with Crippen LogP contribution in [0.15, 0.2) is 0 Å². The molecule has 0 bridgehead atoms. The van der Waals surface area contributed by atoms with E-state index in [0.29, 0.717) is 0 Å². The molecule has 7 nitrogen and oxygen atoms in total. The van der Waals surface area contributed by atoms with Gasteiger partial charge in [-0.25, -0.2) is 9.59 Å². The number of ether oxygens (including phenoxy) is 2. The van der Waals surface area contributed by atoms with Gasteiger partial charge < -0.3 is 25.2 Å². The van der Waals surface area contributed by atoms with Crippen molar-refractivity contribution in [1.82, 2.24) is 10.6 Å². The van der Waals surface area contributed by atoms with E-state index in [0.717, 1.165) is 0 Å². The minimum atomic E-state index is -1.14. The van der Waals surface area contributed by atoms with Crippen LogP contribution in [0.5, 0.6) is 0 Å². The molecule has 1 rings (SSSR count). The summed E-state index contributed by atoms with van der Waals surface area (Å²) >= 11 is 0. The van der Waals surface area contributed by atoms with E-state index in [2.05, 4.69) is 10.6 Å². The summed E-state index contributed by atoms with van der Waals surface area (Å²) in [5, 5.41) is 13.5. The topological polar surface area (TPSA) is 96.9 Å². The number of rotatable bonds is 2. The molecular formula is C10H18N2O5. The highest BCUT2D eigenvalue weighted by atomic mass is 16.6. The molecule has 7 heteroatoms. The third-order valence-corrected chi connectivity index (χ3v) is 2.09. The van der Waals surface area contributed by atoms with Crippen LogP contribution in [0.1, 0.15) is 20.8 Å². The lowest BCUT2D eigenvalue weighted by Gasteiger charge is -2.23. The summed E-state index contributed by atoms with van der Waals surface area (Å²) in [6.45, 7) is 5.77. The molecule has 2 atom stereocenters. The van der Waals surface area contributed by atoms with E-state index in [1.807, 2.05) is 0 Å². The number of hydrogen-bond donors (Lipinski definition) is 3. The Hall–Kier alpha value is -1.50. The third kappa shape index (κ3) is 4.90. The summed E-state index contributed by atoms with van der Waals surface area (Å²) in [4.78, 5) is 22.0. The van der Waals surface area contributed by atoms with Crippen molar-refractivity contribution in [1.29, 1.82) is 0 Å². The molecule has 0 saturated carbocycles. The predicted octanol–water partition coefficient (Wildman–Crippen LogP) is 0.546. The Kier molecular flexibility index (Phi) is 4.17. The average molecular weight is 246 g/mol. The Balaban J connectivity index is 2.44. The largest absolute Gasteiger partial charge is 0.465 e. The summed E-state index contributed by atoms with van der Waals surface area (Å²) in [6, 6.07) is -0.846. The van der Waals surface area contributed by atoms with Crippen LogP contribution in [-0.2, 0) is 9.47 Å². The van der Waals surface area contributed by atoms with Crippen LogP contribution in [-0.4, -0.2) is 48.2 Å². The molecule has 1 aliphatic rings. The Morgan fingerprint density at radius 3 is 2.24 bits per heavy atom. The van der Waals surface area contributed by atoms with E-state index in [-0.39, 0.29) is 13.2 Å². The van der Waals surface area contributed by atoms with Gasteiger partial charge >= 0.3 is 12.2 Å². The second kappa shape index (κ2) is 5.22. The minimum absolute atomic E-state index is 0.243. The molecule has 2 unspecified atom stereocenters. The normalized spacial score (nSPS) is 24.2. The first kappa shape index (κ1) is 13.6. The number of alkyl carbamates (subject to hydrolysis) is 1. The zero-order chi connectivity index (χ0) is 13.1. The van der Waals surface area contributed by atoms with Crippen molar-refractivity contribution in [2.45, 2.75) is 38.5 Å². The minimum Gasteiger partial charge on any atom is -0.465 e.